The standard InChI is InChI=1S/C13H14FNO/c1-3-9-7-8-5-6-11(14)10(4-2)12(8)13(16)15-9/h5-7H,3-4H2,1-2H3,(H,15,16). The number of halogens is 1. The van der Waals surface area contributed by atoms with Gasteiger partial charge in [0.15, 0.2) is 0 Å². The van der Waals surface area contributed by atoms with E-state index in [2.05, 4.69) is 4.98 Å². The molecule has 84 valence electrons. The fourth-order valence-corrected chi connectivity index (χ4v) is 2.00. The number of hydrogen-bond donors (Lipinski definition) is 1. The van der Waals surface area contributed by atoms with E-state index in [1.54, 1.807) is 6.07 Å². The first kappa shape index (κ1) is 10.9. The predicted octanol–water partition coefficient (Wildman–Crippen LogP) is 2.79. The summed E-state index contributed by atoms with van der Waals surface area (Å²) >= 11 is 0. The molecule has 0 fully saturated rings. The summed E-state index contributed by atoms with van der Waals surface area (Å²) in [5, 5.41) is 1.30. The van der Waals surface area contributed by atoms with Crippen LogP contribution in [-0.2, 0) is 12.8 Å². The summed E-state index contributed by atoms with van der Waals surface area (Å²) < 4.78 is 13.5. The summed E-state index contributed by atoms with van der Waals surface area (Å²) in [6, 6.07) is 5.01. The maximum atomic E-state index is 13.5. The Bertz CT molecular complexity index is 586. The molecule has 2 rings (SSSR count). The molecule has 1 aromatic carbocycles. The summed E-state index contributed by atoms with van der Waals surface area (Å²) in [6.07, 6.45) is 1.29. The van der Waals surface area contributed by atoms with Crippen LogP contribution in [0.4, 0.5) is 4.39 Å². The number of nitrogens with one attached hydrogen (secondary N) is 1. The highest BCUT2D eigenvalue weighted by Crippen LogP contribution is 2.19. The molecular formula is C13H14FNO. The van der Waals surface area contributed by atoms with Crippen molar-refractivity contribution in [3.63, 3.8) is 0 Å². The number of pyridine rings is 1. The number of rotatable bonds is 2. The van der Waals surface area contributed by atoms with Crippen LogP contribution in [0.15, 0.2) is 23.0 Å². The monoisotopic (exact) mass is 219 g/mol. The minimum absolute atomic E-state index is 0.189. The number of hydrogen-bond acceptors (Lipinski definition) is 1. The van der Waals surface area contributed by atoms with Crippen molar-refractivity contribution >= 4 is 10.8 Å². The highest BCUT2D eigenvalue weighted by molar-refractivity contribution is 5.85. The lowest BCUT2D eigenvalue weighted by Crippen LogP contribution is -2.11. The normalized spacial score (nSPS) is 10.9. The molecule has 2 aromatic rings. The second kappa shape index (κ2) is 4.08. The van der Waals surface area contributed by atoms with Crippen molar-refractivity contribution in [1.29, 1.82) is 0 Å². The van der Waals surface area contributed by atoms with E-state index in [1.165, 1.54) is 6.07 Å². The van der Waals surface area contributed by atoms with Gasteiger partial charge in [-0.3, -0.25) is 4.79 Å². The Morgan fingerprint density at radius 1 is 1.25 bits per heavy atom. The molecule has 0 radical (unpaired) electrons. The molecule has 0 amide bonds. The van der Waals surface area contributed by atoms with Crippen LogP contribution in [-0.4, -0.2) is 4.98 Å². The second-order valence-corrected chi connectivity index (χ2v) is 3.82. The van der Waals surface area contributed by atoms with E-state index < -0.39 is 0 Å². The average molecular weight is 219 g/mol. The third-order valence-electron chi connectivity index (χ3n) is 2.85. The van der Waals surface area contributed by atoms with E-state index in [0.29, 0.717) is 17.4 Å². The molecule has 2 nitrogen and oxygen atoms in total. The van der Waals surface area contributed by atoms with Crippen molar-refractivity contribution < 1.29 is 4.39 Å². The zero-order valence-corrected chi connectivity index (χ0v) is 9.43. The first-order valence-electron chi connectivity index (χ1n) is 5.50. The molecule has 1 heterocycles. The number of aromatic nitrogens is 1. The maximum Gasteiger partial charge on any atom is 0.256 e. The van der Waals surface area contributed by atoms with Gasteiger partial charge in [-0.25, -0.2) is 4.39 Å². The third-order valence-corrected chi connectivity index (χ3v) is 2.85. The van der Waals surface area contributed by atoms with Crippen molar-refractivity contribution in [2.45, 2.75) is 26.7 Å². The number of aryl methyl sites for hydroxylation is 2. The molecule has 0 saturated carbocycles. The highest BCUT2D eigenvalue weighted by Gasteiger charge is 2.09. The predicted molar refractivity (Wildman–Crippen MR) is 63.3 cm³/mol. The van der Waals surface area contributed by atoms with Gasteiger partial charge in [-0.2, -0.15) is 0 Å². The van der Waals surface area contributed by atoms with Gasteiger partial charge in [0, 0.05) is 11.3 Å². The van der Waals surface area contributed by atoms with Crippen LogP contribution in [0, 0.1) is 5.82 Å². The summed E-state index contributed by atoms with van der Waals surface area (Å²) in [7, 11) is 0. The van der Waals surface area contributed by atoms with Crippen LogP contribution < -0.4 is 5.56 Å². The van der Waals surface area contributed by atoms with Gasteiger partial charge >= 0.3 is 0 Å². The Balaban J connectivity index is 2.89. The zero-order chi connectivity index (χ0) is 11.7. The van der Waals surface area contributed by atoms with Gasteiger partial charge < -0.3 is 4.98 Å². The summed E-state index contributed by atoms with van der Waals surface area (Å²) in [5.41, 5.74) is 1.19. The van der Waals surface area contributed by atoms with E-state index >= 15 is 0 Å². The topological polar surface area (TPSA) is 32.9 Å². The van der Waals surface area contributed by atoms with E-state index in [0.717, 1.165) is 17.5 Å². The van der Waals surface area contributed by atoms with E-state index in [4.69, 9.17) is 0 Å². The molecule has 0 aliphatic rings. The Kier molecular flexibility index (Phi) is 2.77. The molecule has 1 N–H and O–H groups in total. The van der Waals surface area contributed by atoms with Gasteiger partial charge in [-0.05, 0) is 30.4 Å². The van der Waals surface area contributed by atoms with Crippen LogP contribution in [0.2, 0.25) is 0 Å². The van der Waals surface area contributed by atoms with Crippen LogP contribution in [0.25, 0.3) is 10.8 Å². The van der Waals surface area contributed by atoms with Gasteiger partial charge in [0.2, 0.25) is 0 Å². The van der Waals surface area contributed by atoms with Gasteiger partial charge in [0.25, 0.3) is 5.56 Å². The lowest BCUT2D eigenvalue weighted by Gasteiger charge is -2.06. The number of aromatic amines is 1. The summed E-state index contributed by atoms with van der Waals surface area (Å²) in [4.78, 5) is 14.6. The number of H-pyrrole nitrogens is 1. The fourth-order valence-electron chi connectivity index (χ4n) is 2.00. The van der Waals surface area contributed by atoms with Crippen molar-refractivity contribution in [2.24, 2.45) is 0 Å². The molecule has 16 heavy (non-hydrogen) atoms. The van der Waals surface area contributed by atoms with Gasteiger partial charge in [0.1, 0.15) is 5.82 Å². The molecule has 0 bridgehead atoms. The first-order chi connectivity index (χ1) is 7.67. The van der Waals surface area contributed by atoms with Crippen molar-refractivity contribution in [2.75, 3.05) is 0 Å². The molecular weight excluding hydrogens is 205 g/mol. The minimum atomic E-state index is -0.301. The fraction of sp³-hybridized carbons (Fsp3) is 0.308. The highest BCUT2D eigenvalue weighted by atomic mass is 19.1. The first-order valence-corrected chi connectivity index (χ1v) is 5.50. The zero-order valence-electron chi connectivity index (χ0n) is 9.43. The van der Waals surface area contributed by atoms with Gasteiger partial charge in [-0.1, -0.05) is 19.9 Å². The van der Waals surface area contributed by atoms with Crippen molar-refractivity contribution in [1.82, 2.24) is 4.98 Å². The molecule has 1 aromatic heterocycles. The van der Waals surface area contributed by atoms with Gasteiger partial charge in [0.05, 0.1) is 5.39 Å². The molecule has 0 saturated heterocycles. The molecule has 0 unspecified atom stereocenters. The van der Waals surface area contributed by atoms with Crippen LogP contribution in [0.3, 0.4) is 0 Å². The maximum absolute atomic E-state index is 13.5. The smallest absolute Gasteiger partial charge is 0.256 e. The van der Waals surface area contributed by atoms with E-state index in [1.807, 2.05) is 19.9 Å². The van der Waals surface area contributed by atoms with Gasteiger partial charge in [-0.15, -0.1) is 0 Å². The third kappa shape index (κ3) is 1.62. The van der Waals surface area contributed by atoms with E-state index in [-0.39, 0.29) is 11.4 Å². The SMILES string of the molecule is CCc1cc2ccc(F)c(CC)c2c(=O)[nH]1. The Labute approximate surface area is 93.1 Å². The van der Waals surface area contributed by atoms with Crippen LogP contribution in [0.5, 0.6) is 0 Å². The molecule has 0 spiro atoms. The van der Waals surface area contributed by atoms with Crippen LogP contribution >= 0.6 is 0 Å². The largest absolute Gasteiger partial charge is 0.326 e. The van der Waals surface area contributed by atoms with Crippen LogP contribution in [0.1, 0.15) is 25.1 Å². The molecule has 0 aliphatic heterocycles. The quantitative estimate of drug-likeness (QED) is 0.827. The lowest BCUT2D eigenvalue weighted by molar-refractivity contribution is 0.615. The van der Waals surface area contributed by atoms with Crippen molar-refractivity contribution in [3.8, 4) is 0 Å². The van der Waals surface area contributed by atoms with Crippen molar-refractivity contribution in [3.05, 3.63) is 45.6 Å². The Hall–Kier alpha value is -1.64. The number of benzene rings is 1. The number of fused-ring (bicyclic) bond motifs is 1. The van der Waals surface area contributed by atoms with E-state index in [9.17, 15) is 9.18 Å². The Morgan fingerprint density at radius 3 is 2.62 bits per heavy atom. The molecule has 0 atom stereocenters. The summed E-state index contributed by atoms with van der Waals surface area (Å²) in [6.45, 7) is 3.83. The average Bonchev–Trinajstić information content (AvgIpc) is 2.29. The second-order valence-electron chi connectivity index (χ2n) is 3.82. The Morgan fingerprint density at radius 2 is 2.00 bits per heavy atom. The summed E-state index contributed by atoms with van der Waals surface area (Å²) in [5.74, 6) is -0.301. The minimum Gasteiger partial charge on any atom is -0.326 e. The molecule has 0 aliphatic carbocycles. The molecule has 3 heteroatoms. The lowest BCUT2D eigenvalue weighted by atomic mass is 10.0.